The molecule has 0 unspecified atom stereocenters. The molecule has 0 aliphatic carbocycles. The highest BCUT2D eigenvalue weighted by molar-refractivity contribution is 7.85. The van der Waals surface area contributed by atoms with Gasteiger partial charge in [-0.2, -0.15) is 0 Å². The van der Waals surface area contributed by atoms with Gasteiger partial charge in [-0.05, 0) is 0 Å². The predicted octanol–water partition coefficient (Wildman–Crippen LogP) is 3.33. The highest BCUT2D eigenvalue weighted by Crippen LogP contribution is 2.41. The molecule has 3 rings (SSSR count). The van der Waals surface area contributed by atoms with Gasteiger partial charge < -0.3 is 4.57 Å². The fourth-order valence-corrected chi connectivity index (χ4v) is 4.28. The Balaban J connectivity index is 2.44. The topological polar surface area (TPSA) is 17.1 Å². The van der Waals surface area contributed by atoms with Gasteiger partial charge in [0.2, 0.25) is 0 Å². The Labute approximate surface area is 131 Å². The van der Waals surface area contributed by atoms with Crippen LogP contribution in [-0.4, -0.2) is 0 Å². The zero-order valence-corrected chi connectivity index (χ0v) is 11.2. The molecule has 20 heavy (non-hydrogen) atoms. The van der Waals surface area contributed by atoms with E-state index in [-0.39, 0.29) is 70.3 Å². The van der Waals surface area contributed by atoms with Gasteiger partial charge in [0.05, 0.1) is 12.3 Å². The molecule has 0 spiro atoms. The second kappa shape index (κ2) is 5.48. The minimum atomic E-state index is -3.97. The van der Waals surface area contributed by atoms with Crippen molar-refractivity contribution in [1.29, 1.82) is 0 Å². The van der Waals surface area contributed by atoms with E-state index in [0.717, 1.165) is 36.4 Å². The van der Waals surface area contributed by atoms with Gasteiger partial charge in [0, 0.05) is 15.9 Å². The van der Waals surface area contributed by atoms with E-state index >= 15 is 0 Å². The minimum Gasteiger partial charge on any atom is -0.309 e. The van der Waals surface area contributed by atoms with E-state index in [1.165, 1.54) is 0 Å². The summed E-state index contributed by atoms with van der Waals surface area (Å²) in [6, 6.07) is 3.86. The molecule has 0 bridgehead atoms. The van der Waals surface area contributed by atoms with E-state index in [2.05, 4.69) is 0 Å². The van der Waals surface area contributed by atoms with Gasteiger partial charge >= 0.3 is 0 Å². The van der Waals surface area contributed by atoms with Crippen molar-refractivity contribution in [2.24, 2.45) is 0 Å². The average molecular weight is 287 g/mol. The molecule has 0 radical (unpaired) electrons. The van der Waals surface area contributed by atoms with Crippen molar-refractivity contribution in [3.8, 4) is 0 Å². The summed E-state index contributed by atoms with van der Waals surface area (Å²) in [5.74, 6) is 0. The molecule has 1 nitrogen and oxygen atoms in total. The molecular weight excluding hydrogens is 263 g/mol. The maximum atomic E-state index is 14.4. The van der Waals surface area contributed by atoms with Crippen molar-refractivity contribution in [1.82, 2.24) is 0 Å². The fraction of sp³-hybridized carbons (Fsp3) is 0. The summed E-state index contributed by atoms with van der Waals surface area (Å²) in [7, 11) is -3.97. The molecule has 0 amide bonds. The predicted molar refractivity (Wildman–Crippen MR) is 85.8 cm³/mol. The van der Waals surface area contributed by atoms with E-state index in [1.54, 1.807) is 0 Å². The summed E-state index contributed by atoms with van der Waals surface area (Å²) < 4.78 is 85.0. The van der Waals surface area contributed by atoms with Gasteiger partial charge in [-0.1, -0.05) is 90.8 Å². The van der Waals surface area contributed by atoms with Crippen LogP contribution in [0.4, 0.5) is 0 Å². The van der Waals surface area contributed by atoms with Gasteiger partial charge in [-0.15, -0.1) is 0 Å². The Morgan fingerprint density at radius 3 is 1.05 bits per heavy atom. The molecule has 0 heterocycles. The second-order valence-corrected chi connectivity index (χ2v) is 6.76. The van der Waals surface area contributed by atoms with Crippen molar-refractivity contribution in [2.75, 3.05) is 0 Å². The van der Waals surface area contributed by atoms with Crippen LogP contribution in [0.5, 0.6) is 0 Å². The highest BCUT2D eigenvalue weighted by atomic mass is 31.2. The summed E-state index contributed by atoms with van der Waals surface area (Å²) in [4.78, 5) is 0. The molecule has 0 aromatic heterocycles. The van der Waals surface area contributed by atoms with Crippen LogP contribution in [0.1, 0.15) is 12.3 Å². The quantitative estimate of drug-likeness (QED) is 0.675. The van der Waals surface area contributed by atoms with Crippen LogP contribution in [0.3, 0.4) is 0 Å². The van der Waals surface area contributed by atoms with Gasteiger partial charge in [0.25, 0.3) is 0 Å². The van der Waals surface area contributed by atoms with E-state index in [0.29, 0.717) is 0 Å². The third-order valence-corrected chi connectivity index (χ3v) is 5.80. The summed E-state index contributed by atoms with van der Waals surface area (Å²) in [6.07, 6.45) is 0. The molecule has 0 saturated heterocycles. The van der Waals surface area contributed by atoms with E-state index < -0.39 is 7.14 Å². The van der Waals surface area contributed by atoms with Crippen LogP contribution >= 0.6 is 7.14 Å². The lowest BCUT2D eigenvalue weighted by molar-refractivity contribution is 0.592. The zero-order valence-electron chi connectivity index (χ0n) is 19.3. The molecule has 0 aliphatic heterocycles. The first-order valence-corrected chi connectivity index (χ1v) is 7.52. The SMILES string of the molecule is [2H]c1cc(P(=O)(c2cc([2H])c([2H])c([2H])c2)c2cc([2H])c([2H])c([2H])c2)cc([2H])c1[2H]. The molecule has 0 atom stereocenters. The Hall–Kier alpha value is -2.11. The molecule has 0 N–H and O–H groups in total. The first-order chi connectivity index (χ1) is 13.5. The Kier molecular flexibility index (Phi) is 1.68. The van der Waals surface area contributed by atoms with Crippen LogP contribution in [0.25, 0.3) is 0 Å². The molecule has 3 aromatic rings. The molecule has 0 aliphatic rings. The number of benzene rings is 3. The van der Waals surface area contributed by atoms with E-state index in [9.17, 15) is 4.57 Å². The highest BCUT2D eigenvalue weighted by Gasteiger charge is 2.28. The number of hydrogen-bond acceptors (Lipinski definition) is 1. The smallest absolute Gasteiger partial charge is 0.171 e. The van der Waals surface area contributed by atoms with Crippen molar-refractivity contribution in [3.05, 3.63) is 90.8 Å². The summed E-state index contributed by atoms with van der Waals surface area (Å²) in [5.41, 5.74) is 0. The largest absolute Gasteiger partial charge is 0.309 e. The van der Waals surface area contributed by atoms with Gasteiger partial charge in [-0.3, -0.25) is 0 Å². The molecule has 98 valence electrons. The lowest BCUT2D eigenvalue weighted by atomic mass is 10.4. The number of rotatable bonds is 3. The Morgan fingerprint density at radius 2 is 0.800 bits per heavy atom. The van der Waals surface area contributed by atoms with E-state index in [4.69, 9.17) is 12.3 Å². The van der Waals surface area contributed by atoms with Crippen LogP contribution in [0.2, 0.25) is 0 Å². The number of hydrogen-bond donors (Lipinski definition) is 0. The lowest BCUT2D eigenvalue weighted by Gasteiger charge is -2.19. The second-order valence-electron chi connectivity index (χ2n) is 3.99. The monoisotopic (exact) mass is 287 g/mol. The third kappa shape index (κ3) is 2.21. The maximum Gasteiger partial charge on any atom is 0.171 e. The van der Waals surface area contributed by atoms with Gasteiger partial charge in [-0.25, -0.2) is 0 Å². The standard InChI is InChI=1S/C18H15OP/c19-20(16-10-4-1-5-11-16,17-12-6-2-7-13-17)18-14-8-3-9-15-18/h1-15H/i1D,2D,3D,4D,5D,6D,7D,8D,9D. The van der Waals surface area contributed by atoms with E-state index in [1.807, 2.05) is 0 Å². The zero-order chi connectivity index (χ0) is 21.7. The summed E-state index contributed by atoms with van der Waals surface area (Å²) in [6.45, 7) is 0. The van der Waals surface area contributed by atoms with Crippen molar-refractivity contribution < 1.29 is 16.9 Å². The van der Waals surface area contributed by atoms with Gasteiger partial charge in [0.1, 0.15) is 0 Å². The van der Waals surface area contributed by atoms with Crippen molar-refractivity contribution >= 4 is 23.1 Å². The first kappa shape index (κ1) is 6.11. The third-order valence-electron chi connectivity index (χ3n) is 2.84. The molecular formula is C18H15OP. The van der Waals surface area contributed by atoms with Crippen LogP contribution in [-0.2, 0) is 4.57 Å². The Bertz CT molecular complexity index is 977. The normalized spacial score (nSPS) is 17.5. The molecule has 2 heteroatoms. The van der Waals surface area contributed by atoms with Gasteiger partial charge in [0.15, 0.2) is 7.14 Å². The molecule has 3 aromatic carbocycles. The average Bonchev–Trinajstić information content (AvgIpc) is 2.66. The maximum absolute atomic E-state index is 14.4. The first-order valence-electron chi connectivity index (χ1n) is 10.3. The van der Waals surface area contributed by atoms with Crippen molar-refractivity contribution in [2.45, 2.75) is 0 Å². The minimum absolute atomic E-state index is 0.0171. The van der Waals surface area contributed by atoms with Crippen molar-refractivity contribution in [3.63, 3.8) is 0 Å². The lowest BCUT2D eigenvalue weighted by Crippen LogP contribution is -2.24. The van der Waals surface area contributed by atoms with Crippen LogP contribution < -0.4 is 15.9 Å². The molecule has 0 saturated carbocycles. The Morgan fingerprint density at radius 1 is 0.550 bits per heavy atom. The van der Waals surface area contributed by atoms with Crippen LogP contribution in [0.15, 0.2) is 90.8 Å². The summed E-state index contributed by atoms with van der Waals surface area (Å²) in [5, 5.41) is -0.0512. The molecule has 0 fully saturated rings. The fourth-order valence-electron chi connectivity index (χ4n) is 1.90. The van der Waals surface area contributed by atoms with Crippen LogP contribution in [0, 0.1) is 0 Å². The summed E-state index contributed by atoms with van der Waals surface area (Å²) >= 11 is 0.